The molecule has 7 aromatic carbocycles. The zero-order chi connectivity index (χ0) is 71.8. The summed E-state index contributed by atoms with van der Waals surface area (Å²) >= 11 is 0. The topological polar surface area (TPSA) is 213 Å². The molecule has 0 amide bonds. The van der Waals surface area contributed by atoms with Crippen molar-refractivity contribution < 1.29 is 21.8 Å². The molecular weight excluding hydrogens is 1310 g/mol. The molecule has 0 unspecified atom stereocenters. The van der Waals surface area contributed by atoms with Crippen molar-refractivity contribution in [1.82, 2.24) is 27.4 Å². The summed E-state index contributed by atoms with van der Waals surface area (Å²) in [5.74, 6) is 0. The van der Waals surface area contributed by atoms with E-state index in [4.69, 9.17) is 15.7 Å². The predicted molar refractivity (Wildman–Crippen MR) is 426 cm³/mol. The van der Waals surface area contributed by atoms with Gasteiger partial charge in [0.15, 0.2) is 5.52 Å². The van der Waals surface area contributed by atoms with Crippen molar-refractivity contribution in [2.45, 2.75) is 294 Å². The maximum atomic E-state index is 15.2. The summed E-state index contributed by atoms with van der Waals surface area (Å²) in [7, 11) is -8.27. The molecule has 0 spiro atoms. The molecule has 550 valence electrons. The number of imidazole rings is 2. The standard InChI is InChI=1S/C84H114N8O8S2/c1-5-9-13-17-21-25-29-33-37-41-53-88(54-42-38-34-30-26-22-18-14-10-6-2)101(97,98)61-57-71(85)79-72(58-61)86-81-67-49-45-63-66-48-52-70-78-68(50-46-64(76(66)78)65-47-51-69(77(67)75(63)65)83(93)90(79)81)82-87-73-59-62(60-74(92(95)96)80(73)91(82)84(70)94)102(99,100)89(55-43-39-35-31-27-23-19-15-11-7-3)56-44-40-36-32-28-24-20-16-12-8-4/h45-52,57-60H,5-44,53-56,85H2,1-4H3. The Labute approximate surface area is 604 Å². The third-order valence-electron chi connectivity index (χ3n) is 22.2. The van der Waals surface area contributed by atoms with Crippen molar-refractivity contribution in [3.05, 3.63) is 104 Å². The van der Waals surface area contributed by atoms with Crippen molar-refractivity contribution in [3.8, 4) is 0 Å². The quantitative estimate of drug-likeness (QED) is 0.00946. The number of aromatic nitrogens is 4. The molecule has 4 heterocycles. The van der Waals surface area contributed by atoms with Gasteiger partial charge in [-0.25, -0.2) is 26.8 Å². The van der Waals surface area contributed by atoms with Crippen LogP contribution in [0.25, 0.3) is 98.0 Å². The van der Waals surface area contributed by atoms with Gasteiger partial charge in [-0.3, -0.25) is 28.5 Å². The number of anilines is 1. The first-order valence-electron chi connectivity index (χ1n) is 40.0. The molecule has 0 saturated carbocycles. The van der Waals surface area contributed by atoms with Crippen molar-refractivity contribution in [3.63, 3.8) is 0 Å². The number of hydrogen-bond donors (Lipinski definition) is 1. The number of unbranched alkanes of at least 4 members (excludes halogenated alkanes) is 36. The monoisotopic (exact) mass is 1430 g/mol. The second kappa shape index (κ2) is 36.2. The molecule has 0 aliphatic heterocycles. The van der Waals surface area contributed by atoms with Crippen LogP contribution in [0.4, 0.5) is 11.4 Å². The van der Waals surface area contributed by atoms with Gasteiger partial charge in [0.1, 0.15) is 11.3 Å². The van der Waals surface area contributed by atoms with E-state index in [0.29, 0.717) is 88.0 Å². The van der Waals surface area contributed by atoms with E-state index in [1.165, 1.54) is 179 Å². The van der Waals surface area contributed by atoms with E-state index in [0.717, 1.165) is 128 Å². The minimum absolute atomic E-state index is 0.0439. The fraction of sp³-hybridized carbons (Fsp3) is 0.571. The number of nitro groups is 1. The summed E-state index contributed by atoms with van der Waals surface area (Å²) < 4.78 is 66.0. The molecule has 2 N–H and O–H groups in total. The van der Waals surface area contributed by atoms with Crippen molar-refractivity contribution >= 4 is 129 Å². The first-order valence-corrected chi connectivity index (χ1v) is 42.9. The third kappa shape index (κ3) is 16.8. The average Bonchev–Trinajstić information content (AvgIpc) is 1.30. The summed E-state index contributed by atoms with van der Waals surface area (Å²) in [6.45, 7) is 10.4. The van der Waals surface area contributed by atoms with Gasteiger partial charge in [-0.15, -0.1) is 0 Å². The van der Waals surface area contributed by atoms with E-state index < -0.39 is 36.2 Å². The molecule has 0 radical (unpaired) electrons. The van der Waals surface area contributed by atoms with Crippen LogP contribution in [-0.2, 0) is 20.0 Å². The second-order valence-corrected chi connectivity index (χ2v) is 33.7. The van der Waals surface area contributed by atoms with Gasteiger partial charge in [0, 0.05) is 64.6 Å². The van der Waals surface area contributed by atoms with Crippen molar-refractivity contribution in [2.24, 2.45) is 0 Å². The summed E-state index contributed by atoms with van der Waals surface area (Å²) in [4.78, 5) is 53.1. The molecule has 18 heteroatoms. The largest absolute Gasteiger partial charge is 0.397 e. The Morgan fingerprint density at radius 1 is 0.363 bits per heavy atom. The number of nitrogens with two attached hydrogens (primary N) is 1. The number of pyridine rings is 2. The van der Waals surface area contributed by atoms with Crippen LogP contribution in [0, 0.1) is 10.1 Å². The molecule has 0 aliphatic rings. The number of benzene rings is 7. The fourth-order valence-electron chi connectivity index (χ4n) is 16.5. The highest BCUT2D eigenvalue weighted by atomic mass is 32.2. The van der Waals surface area contributed by atoms with Crippen LogP contribution in [0.2, 0.25) is 0 Å². The van der Waals surface area contributed by atoms with Gasteiger partial charge < -0.3 is 5.73 Å². The van der Waals surface area contributed by atoms with E-state index in [1.807, 2.05) is 42.5 Å². The van der Waals surface area contributed by atoms with Crippen LogP contribution in [0.3, 0.4) is 0 Å². The van der Waals surface area contributed by atoms with E-state index in [-0.39, 0.29) is 37.7 Å². The Bertz CT molecular complexity index is 4910. The molecule has 4 aromatic heterocycles. The lowest BCUT2D eigenvalue weighted by atomic mass is 9.86. The zero-order valence-corrected chi connectivity index (χ0v) is 63.5. The van der Waals surface area contributed by atoms with E-state index in [2.05, 4.69) is 27.7 Å². The fourth-order valence-corrected chi connectivity index (χ4v) is 19.7. The van der Waals surface area contributed by atoms with Gasteiger partial charge in [-0.1, -0.05) is 283 Å². The number of nitro benzene ring substituents is 1. The Morgan fingerprint density at radius 3 is 0.931 bits per heavy atom. The Balaban J connectivity index is 0.910. The zero-order valence-electron chi connectivity index (χ0n) is 61.8. The van der Waals surface area contributed by atoms with Crippen LogP contribution in [0.5, 0.6) is 0 Å². The maximum Gasteiger partial charge on any atom is 0.296 e. The smallest absolute Gasteiger partial charge is 0.296 e. The number of fused-ring (bicyclic) bond motifs is 10. The summed E-state index contributed by atoms with van der Waals surface area (Å²) in [5, 5.41) is 21.6. The first kappa shape index (κ1) is 76.3. The van der Waals surface area contributed by atoms with Crippen LogP contribution < -0.4 is 16.9 Å². The lowest BCUT2D eigenvalue weighted by Crippen LogP contribution is -2.33. The molecule has 0 saturated heterocycles. The van der Waals surface area contributed by atoms with E-state index >= 15 is 18.0 Å². The third-order valence-corrected chi connectivity index (χ3v) is 26.0. The molecule has 16 nitrogen and oxygen atoms in total. The Kier molecular flexibility index (Phi) is 27.1. The number of hydrogen-bond acceptors (Lipinski definition) is 11. The number of sulfonamides is 2. The summed E-state index contributed by atoms with van der Waals surface area (Å²) in [6, 6.07) is 20.9. The van der Waals surface area contributed by atoms with Crippen LogP contribution in [-0.4, -0.2) is 75.3 Å². The first-order chi connectivity index (χ1) is 49.7. The van der Waals surface area contributed by atoms with Gasteiger partial charge in [0.05, 0.1) is 37.0 Å². The van der Waals surface area contributed by atoms with Gasteiger partial charge in [0.2, 0.25) is 20.0 Å². The van der Waals surface area contributed by atoms with E-state index in [9.17, 15) is 18.5 Å². The number of nitrogen functional groups attached to an aromatic ring is 1. The van der Waals surface area contributed by atoms with E-state index in [1.54, 1.807) is 16.4 Å². The minimum Gasteiger partial charge on any atom is -0.397 e. The highest BCUT2D eigenvalue weighted by Gasteiger charge is 2.33. The van der Waals surface area contributed by atoms with Crippen molar-refractivity contribution in [2.75, 3.05) is 31.9 Å². The molecular formula is C84H114N8O8S2. The number of rotatable bonds is 49. The molecule has 11 rings (SSSR count). The normalized spacial score (nSPS) is 12.8. The van der Waals surface area contributed by atoms with Crippen molar-refractivity contribution in [1.29, 1.82) is 0 Å². The lowest BCUT2D eigenvalue weighted by molar-refractivity contribution is -0.383. The van der Waals surface area contributed by atoms with Crippen LogP contribution in [0.1, 0.15) is 285 Å². The Morgan fingerprint density at radius 2 is 0.618 bits per heavy atom. The molecule has 0 atom stereocenters. The average molecular weight is 1430 g/mol. The molecule has 0 aliphatic carbocycles. The highest BCUT2D eigenvalue weighted by molar-refractivity contribution is 7.89. The summed E-state index contributed by atoms with van der Waals surface area (Å²) in [5.41, 5.74) is 6.94. The van der Waals surface area contributed by atoms with Crippen LogP contribution >= 0.6 is 0 Å². The maximum absolute atomic E-state index is 15.2. The Hall–Kier alpha value is -6.86. The lowest BCUT2D eigenvalue weighted by Gasteiger charge is -2.22. The highest BCUT2D eigenvalue weighted by Crippen LogP contribution is 2.47. The van der Waals surface area contributed by atoms with Gasteiger partial charge in [-0.2, -0.15) is 8.61 Å². The van der Waals surface area contributed by atoms with Gasteiger partial charge in [-0.05, 0) is 100 Å². The predicted octanol–water partition coefficient (Wildman–Crippen LogP) is 22.4. The molecule has 11 aromatic rings. The SMILES string of the molecule is CCCCCCCCCCCCN(CCCCCCCCCCCC)S(=O)(=O)c1cc(N)c2c(c1)nc1c3ccc4c5ccc6c(=O)n7c(nc8cc(S(=O)(=O)N(CCCCCCCCCCCC)CCCCCCCCCCCC)cc([N+](=O)[O-])c87)c7ccc(c8ccc(c(=O)n12)c3c48)c5c67. The molecule has 0 fully saturated rings. The second-order valence-electron chi connectivity index (χ2n) is 29.8. The molecule has 0 bridgehead atoms. The minimum atomic E-state index is -4.25. The van der Waals surface area contributed by atoms with Gasteiger partial charge >= 0.3 is 0 Å². The molecule has 102 heavy (non-hydrogen) atoms. The number of non-ortho nitro benzene ring substituents is 1. The van der Waals surface area contributed by atoms with Gasteiger partial charge in [0.25, 0.3) is 16.8 Å². The van der Waals surface area contributed by atoms with Crippen LogP contribution in [0.15, 0.2) is 92.2 Å². The number of nitrogens with zero attached hydrogens (tertiary/aromatic N) is 7. The summed E-state index contributed by atoms with van der Waals surface area (Å²) in [6.07, 6.45) is 45.2.